The molecule has 0 aromatic heterocycles. The highest BCUT2D eigenvalue weighted by molar-refractivity contribution is 5.81. The molecule has 1 aromatic rings. The van der Waals surface area contributed by atoms with E-state index in [0.29, 0.717) is 19.6 Å². The molecule has 2 rings (SSSR count). The number of fused-ring (bicyclic) bond motifs is 1. The Hall–Kier alpha value is -1.55. The lowest BCUT2D eigenvalue weighted by molar-refractivity contribution is -0.128. The van der Waals surface area contributed by atoms with Crippen molar-refractivity contribution in [3.05, 3.63) is 29.3 Å². The fourth-order valence-electron chi connectivity index (χ4n) is 2.65. The molecule has 0 saturated heterocycles. The molecule has 21 heavy (non-hydrogen) atoms. The zero-order chi connectivity index (χ0) is 15.1. The number of carbonyl (C=O) groups is 1. The highest BCUT2D eigenvalue weighted by atomic mass is 16.5. The third kappa shape index (κ3) is 4.46. The Balaban J connectivity index is 1.88. The molecule has 0 aliphatic heterocycles. The summed E-state index contributed by atoms with van der Waals surface area (Å²) >= 11 is 0. The van der Waals surface area contributed by atoms with Crippen LogP contribution in [0.2, 0.25) is 0 Å². The lowest BCUT2D eigenvalue weighted by atomic mass is 10.1. The van der Waals surface area contributed by atoms with Crippen molar-refractivity contribution in [1.29, 1.82) is 0 Å². The van der Waals surface area contributed by atoms with Crippen molar-refractivity contribution in [2.24, 2.45) is 0 Å². The zero-order valence-electron chi connectivity index (χ0n) is 13.0. The molecule has 1 aliphatic rings. The topological polar surface area (TPSA) is 47.6 Å². The van der Waals surface area contributed by atoms with Gasteiger partial charge in [0.25, 0.3) is 5.91 Å². The standard InChI is InChI=1S/C17H25NO3/c1-3-16(17(19)18-10-5-11-20-2)21-15-9-8-13-6-4-7-14(13)12-15/h8-9,12,16H,3-7,10-11H2,1-2H3,(H,18,19). The van der Waals surface area contributed by atoms with Crippen LogP contribution in [-0.4, -0.2) is 32.3 Å². The Morgan fingerprint density at radius 2 is 2.14 bits per heavy atom. The van der Waals surface area contributed by atoms with E-state index in [4.69, 9.17) is 9.47 Å². The Kier molecular flexibility index (Phi) is 6.05. The smallest absolute Gasteiger partial charge is 0.261 e. The maximum Gasteiger partial charge on any atom is 0.261 e. The maximum absolute atomic E-state index is 12.1. The second-order valence-electron chi connectivity index (χ2n) is 5.44. The van der Waals surface area contributed by atoms with E-state index in [2.05, 4.69) is 17.4 Å². The predicted octanol–water partition coefficient (Wildman–Crippen LogP) is 2.49. The summed E-state index contributed by atoms with van der Waals surface area (Å²) in [5.41, 5.74) is 2.78. The molecule has 0 spiro atoms. The van der Waals surface area contributed by atoms with Crippen molar-refractivity contribution < 1.29 is 14.3 Å². The minimum absolute atomic E-state index is 0.0471. The summed E-state index contributed by atoms with van der Waals surface area (Å²) in [5.74, 6) is 0.753. The molecular weight excluding hydrogens is 266 g/mol. The molecule has 1 aliphatic carbocycles. The van der Waals surface area contributed by atoms with Gasteiger partial charge in [0.05, 0.1) is 0 Å². The molecule has 0 bridgehead atoms. The van der Waals surface area contributed by atoms with Gasteiger partial charge in [-0.15, -0.1) is 0 Å². The first-order valence-electron chi connectivity index (χ1n) is 7.79. The molecular formula is C17H25NO3. The molecule has 1 atom stereocenters. The van der Waals surface area contributed by atoms with E-state index in [1.165, 1.54) is 17.5 Å². The van der Waals surface area contributed by atoms with Crippen LogP contribution in [-0.2, 0) is 22.4 Å². The van der Waals surface area contributed by atoms with Gasteiger partial charge in [-0.2, -0.15) is 0 Å². The van der Waals surface area contributed by atoms with E-state index in [1.54, 1.807) is 7.11 Å². The molecule has 0 heterocycles. The summed E-state index contributed by atoms with van der Waals surface area (Å²) in [4.78, 5) is 12.1. The third-order valence-electron chi connectivity index (χ3n) is 3.84. The van der Waals surface area contributed by atoms with Crippen molar-refractivity contribution in [2.45, 2.75) is 45.1 Å². The summed E-state index contributed by atoms with van der Waals surface area (Å²) in [6.07, 6.45) is 4.55. The number of hydrogen-bond donors (Lipinski definition) is 1. The van der Waals surface area contributed by atoms with Crippen LogP contribution < -0.4 is 10.1 Å². The second-order valence-corrected chi connectivity index (χ2v) is 5.44. The lowest BCUT2D eigenvalue weighted by Crippen LogP contribution is -2.38. The van der Waals surface area contributed by atoms with Crippen LogP contribution in [0.5, 0.6) is 5.75 Å². The van der Waals surface area contributed by atoms with E-state index >= 15 is 0 Å². The molecule has 0 radical (unpaired) electrons. The van der Waals surface area contributed by atoms with Gasteiger partial charge in [0, 0.05) is 20.3 Å². The van der Waals surface area contributed by atoms with Crippen LogP contribution in [0.3, 0.4) is 0 Å². The number of aryl methyl sites for hydroxylation is 2. The third-order valence-corrected chi connectivity index (χ3v) is 3.84. The van der Waals surface area contributed by atoms with Gasteiger partial charge in [-0.25, -0.2) is 0 Å². The molecule has 1 unspecified atom stereocenters. The molecule has 0 fully saturated rings. The normalized spacial score (nSPS) is 14.6. The monoisotopic (exact) mass is 291 g/mol. The van der Waals surface area contributed by atoms with Crippen LogP contribution in [0.15, 0.2) is 18.2 Å². The number of rotatable bonds is 8. The van der Waals surface area contributed by atoms with Crippen LogP contribution in [0, 0.1) is 0 Å². The van der Waals surface area contributed by atoms with Gasteiger partial charge in [-0.3, -0.25) is 4.79 Å². The highest BCUT2D eigenvalue weighted by Crippen LogP contribution is 2.26. The van der Waals surface area contributed by atoms with Crippen LogP contribution in [0.4, 0.5) is 0 Å². The predicted molar refractivity (Wildman–Crippen MR) is 82.7 cm³/mol. The van der Waals surface area contributed by atoms with Gasteiger partial charge >= 0.3 is 0 Å². The van der Waals surface area contributed by atoms with Gasteiger partial charge in [-0.05, 0) is 55.4 Å². The van der Waals surface area contributed by atoms with Crippen LogP contribution in [0.25, 0.3) is 0 Å². The van der Waals surface area contributed by atoms with Crippen molar-refractivity contribution >= 4 is 5.91 Å². The maximum atomic E-state index is 12.1. The highest BCUT2D eigenvalue weighted by Gasteiger charge is 2.19. The first-order valence-corrected chi connectivity index (χ1v) is 7.79. The summed E-state index contributed by atoms with van der Waals surface area (Å²) < 4.78 is 10.8. The van der Waals surface area contributed by atoms with Gasteiger partial charge < -0.3 is 14.8 Å². The van der Waals surface area contributed by atoms with Crippen molar-refractivity contribution in [1.82, 2.24) is 5.32 Å². The van der Waals surface area contributed by atoms with Gasteiger partial charge in [0.1, 0.15) is 5.75 Å². The minimum atomic E-state index is -0.424. The zero-order valence-corrected chi connectivity index (χ0v) is 13.0. The second kappa shape index (κ2) is 8.03. The number of hydrogen-bond acceptors (Lipinski definition) is 3. The molecule has 1 N–H and O–H groups in total. The van der Waals surface area contributed by atoms with Crippen LogP contribution >= 0.6 is 0 Å². The van der Waals surface area contributed by atoms with Crippen molar-refractivity contribution in [2.75, 3.05) is 20.3 Å². The molecule has 1 amide bonds. The van der Waals surface area contributed by atoms with E-state index in [0.717, 1.165) is 25.0 Å². The average Bonchev–Trinajstić information content (AvgIpc) is 2.96. The Labute approximate surface area is 126 Å². The Morgan fingerprint density at radius 1 is 1.33 bits per heavy atom. The number of ether oxygens (including phenoxy) is 2. The number of carbonyl (C=O) groups excluding carboxylic acids is 1. The fourth-order valence-corrected chi connectivity index (χ4v) is 2.65. The van der Waals surface area contributed by atoms with Gasteiger partial charge in [-0.1, -0.05) is 13.0 Å². The first-order chi connectivity index (χ1) is 10.2. The van der Waals surface area contributed by atoms with Gasteiger partial charge in [0.2, 0.25) is 0 Å². The summed E-state index contributed by atoms with van der Waals surface area (Å²) in [5, 5.41) is 2.90. The first kappa shape index (κ1) is 15.8. The molecule has 4 heteroatoms. The van der Waals surface area contributed by atoms with Gasteiger partial charge in [0.15, 0.2) is 6.10 Å². The Bertz CT molecular complexity index is 473. The van der Waals surface area contributed by atoms with E-state index in [9.17, 15) is 4.79 Å². The number of nitrogens with one attached hydrogen (secondary N) is 1. The minimum Gasteiger partial charge on any atom is -0.481 e. The molecule has 1 aromatic carbocycles. The van der Waals surface area contributed by atoms with Crippen molar-refractivity contribution in [3.63, 3.8) is 0 Å². The largest absolute Gasteiger partial charge is 0.481 e. The van der Waals surface area contributed by atoms with Crippen molar-refractivity contribution in [3.8, 4) is 5.75 Å². The SMILES string of the molecule is CCC(Oc1ccc2c(c1)CCC2)C(=O)NCCCOC. The summed E-state index contributed by atoms with van der Waals surface area (Å²) in [6.45, 7) is 3.24. The molecule has 0 saturated carbocycles. The quantitative estimate of drug-likeness (QED) is 0.749. The fraction of sp³-hybridized carbons (Fsp3) is 0.588. The van der Waals surface area contributed by atoms with E-state index in [1.807, 2.05) is 13.0 Å². The molecule has 116 valence electrons. The Morgan fingerprint density at radius 3 is 2.90 bits per heavy atom. The average molecular weight is 291 g/mol. The number of methoxy groups -OCH3 is 1. The van der Waals surface area contributed by atoms with E-state index in [-0.39, 0.29) is 5.91 Å². The van der Waals surface area contributed by atoms with E-state index < -0.39 is 6.10 Å². The lowest BCUT2D eigenvalue weighted by Gasteiger charge is -2.18. The number of benzene rings is 1. The molecule has 4 nitrogen and oxygen atoms in total. The summed E-state index contributed by atoms with van der Waals surface area (Å²) in [7, 11) is 1.66. The summed E-state index contributed by atoms with van der Waals surface area (Å²) in [6, 6.07) is 6.19. The number of amides is 1. The van der Waals surface area contributed by atoms with Crippen LogP contribution in [0.1, 0.15) is 37.3 Å².